The molecule has 1 saturated heterocycles. The number of carbonyl (C=O) groups is 1. The van der Waals surface area contributed by atoms with E-state index in [9.17, 15) is 4.79 Å². The molecule has 0 bridgehead atoms. The van der Waals surface area contributed by atoms with Crippen molar-refractivity contribution in [2.75, 3.05) is 104 Å². The molecule has 1 fully saturated rings. The van der Waals surface area contributed by atoms with Gasteiger partial charge >= 0.3 is 5.97 Å². The van der Waals surface area contributed by atoms with Crippen molar-refractivity contribution in [2.45, 2.75) is 6.42 Å². The van der Waals surface area contributed by atoms with Gasteiger partial charge in [-0.2, -0.15) is 15.0 Å². The van der Waals surface area contributed by atoms with E-state index >= 15 is 0 Å². The predicted octanol–water partition coefficient (Wildman–Crippen LogP) is 0.858. The Hall–Kier alpha value is -1.38. The first kappa shape index (κ1) is 28.9. The number of hydrogen-bond donors (Lipinski definition) is 1. The van der Waals surface area contributed by atoms with Crippen LogP contribution in [-0.2, 0) is 28.5 Å². The quantitative estimate of drug-likeness (QED) is 0.366. The topological polar surface area (TPSA) is 129 Å². The van der Waals surface area contributed by atoms with Gasteiger partial charge in [-0.15, -0.1) is 0 Å². The first-order chi connectivity index (χ1) is 16.5. The van der Waals surface area contributed by atoms with Crippen LogP contribution in [0.3, 0.4) is 0 Å². The summed E-state index contributed by atoms with van der Waals surface area (Å²) in [4.78, 5) is 26.6. The van der Waals surface area contributed by atoms with Crippen molar-refractivity contribution < 1.29 is 33.6 Å². The van der Waals surface area contributed by atoms with E-state index < -0.39 is 5.97 Å². The lowest BCUT2D eigenvalue weighted by Gasteiger charge is -2.26. The Balaban J connectivity index is 1.56. The van der Waals surface area contributed by atoms with Crippen molar-refractivity contribution in [1.29, 1.82) is 0 Å². The summed E-state index contributed by atoms with van der Waals surface area (Å²) in [5.74, 6) is -0.466. The number of carboxylic acid groups (broad SMARTS) is 1. The van der Waals surface area contributed by atoms with Gasteiger partial charge < -0.3 is 33.7 Å². The second-order valence-corrected chi connectivity index (χ2v) is 7.88. The molecule has 0 unspecified atom stereocenters. The number of ether oxygens (including phenoxy) is 5. The van der Waals surface area contributed by atoms with Crippen LogP contribution in [0.1, 0.15) is 6.42 Å². The lowest BCUT2D eigenvalue weighted by Crippen LogP contribution is -2.38. The minimum absolute atomic E-state index is 0.000647. The first-order valence-corrected chi connectivity index (χ1v) is 11.9. The van der Waals surface area contributed by atoms with Crippen LogP contribution in [0.5, 0.6) is 0 Å². The molecule has 2 heterocycles. The fourth-order valence-electron chi connectivity index (χ4n) is 2.94. The number of halogens is 2. The molecule has 14 heteroatoms. The van der Waals surface area contributed by atoms with Crippen LogP contribution in [0.25, 0.3) is 0 Å². The predicted molar refractivity (Wildman–Crippen MR) is 125 cm³/mol. The monoisotopic (exact) mass is 525 g/mol. The third kappa shape index (κ3) is 13.5. The second-order valence-electron chi connectivity index (χ2n) is 7.21. The molecule has 0 aromatic carbocycles. The average molecular weight is 526 g/mol. The van der Waals surface area contributed by atoms with Crippen molar-refractivity contribution in [3.8, 4) is 0 Å². The van der Waals surface area contributed by atoms with Gasteiger partial charge in [0, 0.05) is 32.7 Å². The van der Waals surface area contributed by atoms with Crippen LogP contribution in [0.15, 0.2) is 0 Å². The highest BCUT2D eigenvalue weighted by Crippen LogP contribution is 2.14. The molecule has 2 rings (SSSR count). The highest BCUT2D eigenvalue weighted by molar-refractivity contribution is 6.31. The molecule has 1 aromatic rings. The van der Waals surface area contributed by atoms with Crippen LogP contribution in [0.4, 0.5) is 5.95 Å². The third-order valence-electron chi connectivity index (χ3n) is 4.72. The molecule has 1 N–H and O–H groups in total. The zero-order valence-electron chi connectivity index (χ0n) is 19.2. The lowest BCUT2D eigenvalue weighted by molar-refractivity contribution is -0.138. The van der Waals surface area contributed by atoms with Crippen LogP contribution < -0.4 is 4.90 Å². The smallest absolute Gasteiger partial charge is 0.305 e. The summed E-state index contributed by atoms with van der Waals surface area (Å²) in [6.07, 6.45) is -0.000647. The number of nitrogens with zero attached hydrogens (tertiary/aromatic N) is 5. The largest absolute Gasteiger partial charge is 0.481 e. The van der Waals surface area contributed by atoms with E-state index in [2.05, 4.69) is 19.9 Å². The van der Waals surface area contributed by atoms with E-state index in [1.54, 1.807) is 0 Å². The van der Waals surface area contributed by atoms with E-state index in [-0.39, 0.29) is 23.6 Å². The van der Waals surface area contributed by atoms with Crippen molar-refractivity contribution in [2.24, 2.45) is 0 Å². The van der Waals surface area contributed by atoms with Gasteiger partial charge in [-0.25, -0.2) is 0 Å². The van der Waals surface area contributed by atoms with Crippen molar-refractivity contribution >= 4 is 35.1 Å². The third-order valence-corrected chi connectivity index (χ3v) is 5.06. The fourth-order valence-corrected chi connectivity index (χ4v) is 3.30. The Morgan fingerprint density at radius 1 is 0.794 bits per heavy atom. The minimum atomic E-state index is -0.871. The minimum Gasteiger partial charge on any atom is -0.481 e. The molecular formula is C20H33Cl2N5O7. The van der Waals surface area contributed by atoms with E-state index in [1.165, 1.54) is 0 Å². The summed E-state index contributed by atoms with van der Waals surface area (Å²) in [5, 5.41) is 8.62. The van der Waals surface area contributed by atoms with E-state index in [0.29, 0.717) is 78.5 Å². The summed E-state index contributed by atoms with van der Waals surface area (Å²) >= 11 is 11.8. The second kappa shape index (κ2) is 18.0. The van der Waals surface area contributed by atoms with Gasteiger partial charge in [0.15, 0.2) is 0 Å². The Labute approximate surface area is 209 Å². The van der Waals surface area contributed by atoms with Gasteiger partial charge in [0.2, 0.25) is 16.5 Å². The molecule has 0 aliphatic carbocycles. The maximum Gasteiger partial charge on any atom is 0.305 e. The zero-order chi connectivity index (χ0) is 24.4. The number of aliphatic carboxylic acids is 1. The molecule has 1 aromatic heterocycles. The molecular weight excluding hydrogens is 493 g/mol. The summed E-state index contributed by atoms with van der Waals surface area (Å²) in [5.41, 5.74) is 0. The zero-order valence-corrected chi connectivity index (χ0v) is 20.7. The average Bonchev–Trinajstić information content (AvgIpc) is 2.78. The van der Waals surface area contributed by atoms with Gasteiger partial charge in [0.05, 0.1) is 72.5 Å². The van der Waals surface area contributed by atoms with E-state index in [4.69, 9.17) is 52.0 Å². The Bertz CT molecular complexity index is 673. The maximum absolute atomic E-state index is 10.4. The molecule has 34 heavy (non-hydrogen) atoms. The SMILES string of the molecule is O=C(O)CCOCCOCCOCCN1CCOCCN(c2nc(Cl)nc(Cl)n2)CCOCC1. The molecule has 1 aliphatic rings. The molecule has 194 valence electrons. The molecule has 0 saturated carbocycles. The van der Waals surface area contributed by atoms with Crippen molar-refractivity contribution in [3.05, 3.63) is 10.6 Å². The number of aromatic nitrogens is 3. The normalized spacial score (nSPS) is 16.7. The van der Waals surface area contributed by atoms with Gasteiger partial charge in [0.1, 0.15) is 0 Å². The fraction of sp³-hybridized carbons (Fsp3) is 0.800. The molecule has 0 spiro atoms. The molecule has 12 nitrogen and oxygen atoms in total. The number of anilines is 1. The number of carboxylic acids is 1. The van der Waals surface area contributed by atoms with Gasteiger partial charge in [-0.1, -0.05) is 0 Å². The summed E-state index contributed by atoms with van der Waals surface area (Å²) < 4.78 is 27.8. The summed E-state index contributed by atoms with van der Waals surface area (Å²) in [7, 11) is 0. The number of rotatable bonds is 13. The van der Waals surface area contributed by atoms with E-state index in [1.807, 2.05) is 4.90 Å². The van der Waals surface area contributed by atoms with Crippen LogP contribution in [0, 0.1) is 0 Å². The van der Waals surface area contributed by atoms with Gasteiger partial charge in [-0.05, 0) is 23.2 Å². The van der Waals surface area contributed by atoms with E-state index in [0.717, 1.165) is 19.6 Å². The van der Waals surface area contributed by atoms with Gasteiger partial charge in [-0.3, -0.25) is 9.69 Å². The maximum atomic E-state index is 10.4. The Kier molecular flexibility index (Phi) is 15.2. The molecule has 1 aliphatic heterocycles. The van der Waals surface area contributed by atoms with Crippen molar-refractivity contribution in [3.63, 3.8) is 0 Å². The highest BCUT2D eigenvalue weighted by atomic mass is 35.5. The summed E-state index contributed by atoms with van der Waals surface area (Å²) in [6.45, 7) is 8.11. The summed E-state index contributed by atoms with van der Waals surface area (Å²) in [6, 6.07) is 0. The van der Waals surface area contributed by atoms with Crippen LogP contribution >= 0.6 is 23.2 Å². The molecule has 0 amide bonds. The van der Waals surface area contributed by atoms with Crippen LogP contribution in [0.2, 0.25) is 10.6 Å². The highest BCUT2D eigenvalue weighted by Gasteiger charge is 2.14. The molecule has 0 atom stereocenters. The first-order valence-electron chi connectivity index (χ1n) is 11.2. The van der Waals surface area contributed by atoms with Crippen molar-refractivity contribution in [1.82, 2.24) is 19.9 Å². The van der Waals surface area contributed by atoms with Gasteiger partial charge in [0.25, 0.3) is 0 Å². The lowest BCUT2D eigenvalue weighted by atomic mass is 10.4. The Morgan fingerprint density at radius 3 is 1.85 bits per heavy atom. The number of hydrogen-bond acceptors (Lipinski definition) is 11. The standard InChI is InChI=1S/C20H33Cl2N5O7/c21-18-23-19(22)25-20(24-18)27-5-11-31-8-2-26(3-9-32-12-6-27)4-10-33-14-16-34-15-13-30-7-1-17(28)29/h1-16H2,(H,28,29). The Morgan fingerprint density at radius 2 is 1.29 bits per heavy atom. The van der Waals surface area contributed by atoms with Crippen LogP contribution in [-0.4, -0.2) is 130 Å². The molecule has 0 radical (unpaired) electrons.